The number of aromatic nitrogens is 1. The van der Waals surface area contributed by atoms with Gasteiger partial charge in [-0.15, -0.1) is 0 Å². The Hall–Kier alpha value is -4.12. The predicted molar refractivity (Wildman–Crippen MR) is 146 cm³/mol. The highest BCUT2D eigenvalue weighted by molar-refractivity contribution is 6.15. The second-order valence-corrected chi connectivity index (χ2v) is 9.21. The fraction of sp³-hybridized carbons (Fsp3) is 0.125. The number of fused-ring (bicyclic) bond motifs is 3. The molecule has 0 radical (unpaired) electrons. The summed E-state index contributed by atoms with van der Waals surface area (Å²) >= 11 is 0. The fourth-order valence-corrected chi connectivity index (χ4v) is 5.23. The summed E-state index contributed by atoms with van der Waals surface area (Å²) in [6.07, 6.45) is 1.16. The third-order valence-electron chi connectivity index (χ3n) is 6.81. The van der Waals surface area contributed by atoms with E-state index < -0.39 is 6.10 Å². The van der Waals surface area contributed by atoms with Gasteiger partial charge in [0.25, 0.3) is 0 Å². The number of aliphatic hydroxyl groups is 1. The summed E-state index contributed by atoms with van der Waals surface area (Å²) in [6, 6.07) is 37.9. The van der Waals surface area contributed by atoms with E-state index in [0.29, 0.717) is 19.6 Å². The maximum atomic E-state index is 11.2. The van der Waals surface area contributed by atoms with Gasteiger partial charge in [0.2, 0.25) is 0 Å². The summed E-state index contributed by atoms with van der Waals surface area (Å²) in [5, 5.41) is 16.9. The zero-order valence-electron chi connectivity index (χ0n) is 20.0. The van der Waals surface area contributed by atoms with Gasteiger partial charge in [-0.05, 0) is 28.6 Å². The van der Waals surface area contributed by atoms with Crippen molar-refractivity contribution >= 4 is 21.7 Å². The molecule has 6 rings (SSSR count). The molecule has 0 aliphatic carbocycles. The lowest BCUT2D eigenvalue weighted by Crippen LogP contribution is -2.85. The topological polar surface area (TPSA) is 54.9 Å². The minimum atomic E-state index is -0.527. The lowest BCUT2D eigenvalue weighted by Gasteiger charge is -2.17. The van der Waals surface area contributed by atoms with Crippen molar-refractivity contribution < 1.29 is 14.8 Å². The molecule has 36 heavy (non-hydrogen) atoms. The largest absolute Gasteiger partial charge is 0.463 e. The van der Waals surface area contributed by atoms with Gasteiger partial charge >= 0.3 is 0 Å². The summed E-state index contributed by atoms with van der Waals surface area (Å²) in [5.41, 5.74) is 5.82. The van der Waals surface area contributed by atoms with Gasteiger partial charge < -0.3 is 19.4 Å². The molecule has 0 saturated carbocycles. The minimum Gasteiger partial charge on any atom is -0.463 e. The number of aliphatic hydroxyl groups excluding tert-OH is 1. The number of benzene rings is 4. The minimum absolute atomic E-state index is 0.496. The molecular formula is C32H29N2O2+. The lowest BCUT2D eigenvalue weighted by atomic mass is 9.97. The Bertz CT molecular complexity index is 1590. The van der Waals surface area contributed by atoms with Gasteiger partial charge in [-0.2, -0.15) is 0 Å². The Morgan fingerprint density at radius 2 is 1.44 bits per heavy atom. The quantitative estimate of drug-likeness (QED) is 0.292. The summed E-state index contributed by atoms with van der Waals surface area (Å²) in [7, 11) is 0. The molecule has 0 spiro atoms. The number of quaternary nitrogens is 1. The van der Waals surface area contributed by atoms with E-state index in [2.05, 4.69) is 101 Å². The van der Waals surface area contributed by atoms with Crippen LogP contribution >= 0.6 is 0 Å². The molecule has 0 fully saturated rings. The first-order valence-electron chi connectivity index (χ1n) is 12.5. The number of furan rings is 1. The number of hydrogen-bond acceptors (Lipinski definition) is 2. The average Bonchev–Trinajstić information content (AvgIpc) is 3.56. The molecular weight excluding hydrogens is 444 g/mol. The summed E-state index contributed by atoms with van der Waals surface area (Å²) in [5.74, 6) is 0.913. The number of nitrogens with two attached hydrogens (primary N) is 1. The maximum absolute atomic E-state index is 11.2. The second-order valence-electron chi connectivity index (χ2n) is 9.21. The lowest BCUT2D eigenvalue weighted by molar-refractivity contribution is -0.678. The molecule has 4 heteroatoms. The Morgan fingerprint density at radius 1 is 0.722 bits per heavy atom. The van der Waals surface area contributed by atoms with Crippen LogP contribution in [0.1, 0.15) is 5.76 Å². The van der Waals surface area contributed by atoms with Crippen LogP contribution in [0.2, 0.25) is 0 Å². The van der Waals surface area contributed by atoms with E-state index in [0.717, 1.165) is 22.5 Å². The molecule has 0 aliphatic heterocycles. The van der Waals surface area contributed by atoms with E-state index in [1.54, 1.807) is 6.26 Å². The van der Waals surface area contributed by atoms with Crippen LogP contribution in [0.5, 0.6) is 0 Å². The first kappa shape index (κ1) is 22.4. The second kappa shape index (κ2) is 9.86. The van der Waals surface area contributed by atoms with Crippen molar-refractivity contribution in [1.29, 1.82) is 0 Å². The number of hydrogen-bond donors (Lipinski definition) is 2. The van der Waals surface area contributed by atoms with Crippen molar-refractivity contribution in [2.24, 2.45) is 0 Å². The molecule has 6 aromatic rings. The third kappa shape index (κ3) is 4.22. The molecule has 0 unspecified atom stereocenters. The Balaban J connectivity index is 1.53. The fourth-order valence-electron chi connectivity index (χ4n) is 5.23. The molecule has 1 atom stereocenters. The van der Waals surface area contributed by atoms with E-state index in [1.165, 1.54) is 27.3 Å². The van der Waals surface area contributed by atoms with E-state index >= 15 is 0 Å². The van der Waals surface area contributed by atoms with Gasteiger partial charge in [-0.3, -0.25) is 0 Å². The highest BCUT2D eigenvalue weighted by Gasteiger charge is 2.23. The summed E-state index contributed by atoms with van der Waals surface area (Å²) in [6.45, 7) is 1.79. The van der Waals surface area contributed by atoms with Gasteiger partial charge in [0, 0.05) is 16.3 Å². The standard InChI is InChI=1S/C32H28N2O2/c35-26(20-33-21-27-15-9-19-36-27)22-34-31(25-13-5-2-6-14-25)30(24-11-3-1-4-12-24)29-18-17-23-10-7-8-16-28(23)32(29)34/h1-19,26,33,35H,20-22H2/p+1/t26-/m0/s1. The zero-order valence-corrected chi connectivity index (χ0v) is 20.0. The molecule has 0 saturated heterocycles. The molecule has 2 heterocycles. The van der Waals surface area contributed by atoms with Gasteiger partial charge in [0.1, 0.15) is 19.2 Å². The van der Waals surface area contributed by atoms with Crippen LogP contribution < -0.4 is 5.32 Å². The van der Waals surface area contributed by atoms with Crippen LogP contribution in [-0.2, 0) is 13.1 Å². The first-order chi connectivity index (χ1) is 17.8. The SMILES string of the molecule is O[C@@H](C[NH2+]Cc1ccco1)Cn1c(-c2ccccc2)c(-c2ccccc2)c2ccc3ccccc3c21. The maximum Gasteiger partial charge on any atom is 0.157 e. The first-order valence-corrected chi connectivity index (χ1v) is 12.5. The van der Waals surface area contributed by atoms with E-state index in [4.69, 9.17) is 4.42 Å². The average molecular weight is 474 g/mol. The normalized spacial score (nSPS) is 12.4. The highest BCUT2D eigenvalue weighted by atomic mass is 16.3. The van der Waals surface area contributed by atoms with Crippen LogP contribution in [0.3, 0.4) is 0 Å². The van der Waals surface area contributed by atoms with Crippen molar-refractivity contribution in [2.75, 3.05) is 6.54 Å². The van der Waals surface area contributed by atoms with E-state index in [9.17, 15) is 5.11 Å². The molecule has 4 aromatic carbocycles. The Morgan fingerprint density at radius 3 is 2.19 bits per heavy atom. The summed E-state index contributed by atoms with van der Waals surface area (Å²) in [4.78, 5) is 0. The molecule has 178 valence electrons. The molecule has 3 N–H and O–H groups in total. The van der Waals surface area contributed by atoms with Gasteiger partial charge in [0.05, 0.1) is 24.0 Å². The monoisotopic (exact) mass is 473 g/mol. The van der Waals surface area contributed by atoms with E-state index in [-0.39, 0.29) is 0 Å². The Kier molecular flexibility index (Phi) is 6.12. The van der Waals surface area contributed by atoms with Crippen LogP contribution in [0.4, 0.5) is 0 Å². The van der Waals surface area contributed by atoms with Crippen molar-refractivity contribution in [3.05, 3.63) is 121 Å². The van der Waals surface area contributed by atoms with E-state index in [1.807, 2.05) is 18.2 Å². The van der Waals surface area contributed by atoms with Crippen LogP contribution in [0, 0.1) is 0 Å². The number of rotatable bonds is 8. The molecule has 4 nitrogen and oxygen atoms in total. The molecule has 0 bridgehead atoms. The Labute approximate surface area is 210 Å². The smallest absolute Gasteiger partial charge is 0.157 e. The van der Waals surface area contributed by atoms with Crippen LogP contribution in [-0.4, -0.2) is 22.3 Å². The summed E-state index contributed by atoms with van der Waals surface area (Å²) < 4.78 is 7.78. The van der Waals surface area contributed by atoms with Crippen LogP contribution in [0.25, 0.3) is 44.1 Å². The van der Waals surface area contributed by atoms with Gasteiger partial charge in [-0.1, -0.05) is 97.1 Å². The van der Waals surface area contributed by atoms with Gasteiger partial charge in [0.15, 0.2) is 5.76 Å². The predicted octanol–water partition coefficient (Wildman–Crippen LogP) is 5.85. The van der Waals surface area contributed by atoms with Crippen molar-refractivity contribution in [2.45, 2.75) is 19.2 Å². The number of nitrogens with zero attached hydrogens (tertiary/aromatic N) is 1. The van der Waals surface area contributed by atoms with Crippen LogP contribution in [0.15, 0.2) is 120 Å². The van der Waals surface area contributed by atoms with Gasteiger partial charge in [-0.25, -0.2) is 0 Å². The molecule has 0 amide bonds. The molecule has 2 aromatic heterocycles. The highest BCUT2D eigenvalue weighted by Crippen LogP contribution is 2.43. The van der Waals surface area contributed by atoms with Crippen molar-refractivity contribution in [1.82, 2.24) is 4.57 Å². The van der Waals surface area contributed by atoms with Crippen molar-refractivity contribution in [3.8, 4) is 22.4 Å². The molecule has 0 aliphatic rings. The zero-order chi connectivity index (χ0) is 24.3. The van der Waals surface area contributed by atoms with Crippen molar-refractivity contribution in [3.63, 3.8) is 0 Å². The third-order valence-corrected chi connectivity index (χ3v) is 6.81.